The Morgan fingerprint density at radius 3 is 2.54 bits per heavy atom. The van der Waals surface area contributed by atoms with Crippen molar-refractivity contribution in [1.82, 2.24) is 0 Å². The number of carbonyl (C=O) groups is 1. The largest absolute Gasteiger partial charge is 0.299 e. The van der Waals surface area contributed by atoms with Gasteiger partial charge in [0.15, 0.2) is 0 Å². The van der Waals surface area contributed by atoms with Crippen LogP contribution < -0.4 is 0 Å². The van der Waals surface area contributed by atoms with E-state index >= 15 is 0 Å². The molecule has 1 aliphatic carbocycles. The highest BCUT2D eigenvalue weighted by Crippen LogP contribution is 2.28. The Morgan fingerprint density at radius 1 is 1.31 bits per heavy atom. The molecule has 0 aliphatic heterocycles. The summed E-state index contributed by atoms with van der Waals surface area (Å²) in [6.45, 7) is 4.48. The van der Waals surface area contributed by atoms with Gasteiger partial charge in [-0.15, -0.1) is 0 Å². The molecule has 1 saturated carbocycles. The van der Waals surface area contributed by atoms with E-state index in [1.165, 1.54) is 19.3 Å². The molecule has 0 saturated heterocycles. The van der Waals surface area contributed by atoms with Gasteiger partial charge in [-0.3, -0.25) is 4.79 Å². The zero-order chi connectivity index (χ0) is 9.68. The lowest BCUT2D eigenvalue weighted by atomic mass is 9.80. The van der Waals surface area contributed by atoms with Gasteiger partial charge in [-0.05, 0) is 25.2 Å². The van der Waals surface area contributed by atoms with Crippen LogP contribution in [0.15, 0.2) is 0 Å². The normalized spacial score (nSPS) is 23.9. The van der Waals surface area contributed by atoms with Crippen LogP contribution in [0.25, 0.3) is 0 Å². The minimum absolute atomic E-state index is 0.415. The van der Waals surface area contributed by atoms with E-state index in [1.54, 1.807) is 0 Å². The number of Topliss-reactive ketones (excluding diaryl/α,β-unsaturated/α-hetero) is 1. The van der Waals surface area contributed by atoms with E-state index in [2.05, 4.69) is 13.8 Å². The van der Waals surface area contributed by atoms with E-state index < -0.39 is 0 Å². The molecule has 0 radical (unpaired) electrons. The van der Waals surface area contributed by atoms with Crippen molar-refractivity contribution in [2.75, 3.05) is 0 Å². The summed E-state index contributed by atoms with van der Waals surface area (Å²) < 4.78 is 0. The maximum atomic E-state index is 11.6. The molecule has 1 aliphatic rings. The van der Waals surface area contributed by atoms with E-state index in [-0.39, 0.29) is 0 Å². The van der Waals surface area contributed by atoms with Crippen LogP contribution in [-0.4, -0.2) is 5.78 Å². The van der Waals surface area contributed by atoms with Gasteiger partial charge in [-0.25, -0.2) is 0 Å². The number of carbonyl (C=O) groups excluding carboxylic acids is 1. The molecule has 1 nitrogen and oxygen atoms in total. The lowest BCUT2D eigenvalue weighted by Gasteiger charge is -2.24. The highest BCUT2D eigenvalue weighted by Gasteiger charge is 2.23. The first-order valence-corrected chi connectivity index (χ1v) is 5.80. The Morgan fingerprint density at radius 2 is 2.00 bits per heavy atom. The first-order valence-electron chi connectivity index (χ1n) is 5.80. The predicted molar refractivity (Wildman–Crippen MR) is 55.7 cm³/mol. The summed E-state index contributed by atoms with van der Waals surface area (Å²) in [5, 5.41) is 0. The summed E-state index contributed by atoms with van der Waals surface area (Å²) in [4.78, 5) is 11.6. The van der Waals surface area contributed by atoms with Gasteiger partial charge < -0.3 is 0 Å². The van der Waals surface area contributed by atoms with E-state index in [0.717, 1.165) is 31.6 Å². The van der Waals surface area contributed by atoms with Crippen LogP contribution >= 0.6 is 0 Å². The van der Waals surface area contributed by atoms with Gasteiger partial charge in [-0.1, -0.05) is 33.1 Å². The number of hydrogen-bond acceptors (Lipinski definition) is 1. The van der Waals surface area contributed by atoms with Crippen molar-refractivity contribution in [2.45, 2.75) is 58.8 Å². The smallest absolute Gasteiger partial charge is 0.135 e. The molecule has 1 atom stereocenters. The average Bonchev–Trinajstić information content (AvgIpc) is 2.17. The molecule has 1 fully saturated rings. The molecule has 76 valence electrons. The molecule has 0 heterocycles. The standard InChI is InChI=1S/C12H22O/c1-3-10(4-2)9-11-7-5-6-8-12(11)13/h10-11H,3-9H2,1-2H3/t11-/m0/s1. The molecule has 0 bridgehead atoms. The maximum Gasteiger partial charge on any atom is 0.135 e. The maximum absolute atomic E-state index is 11.6. The van der Waals surface area contributed by atoms with Gasteiger partial charge in [-0.2, -0.15) is 0 Å². The van der Waals surface area contributed by atoms with Crippen LogP contribution in [0.1, 0.15) is 58.8 Å². The Labute approximate surface area is 81.9 Å². The fourth-order valence-electron chi connectivity index (χ4n) is 2.33. The second-order valence-electron chi connectivity index (χ2n) is 4.33. The third kappa shape index (κ3) is 3.13. The summed E-state index contributed by atoms with van der Waals surface area (Å²) in [6, 6.07) is 0. The fourth-order valence-corrected chi connectivity index (χ4v) is 2.33. The summed E-state index contributed by atoms with van der Waals surface area (Å²) in [5.74, 6) is 1.74. The van der Waals surface area contributed by atoms with E-state index in [9.17, 15) is 4.79 Å². The third-order valence-corrected chi connectivity index (χ3v) is 3.45. The lowest BCUT2D eigenvalue weighted by Crippen LogP contribution is -2.21. The summed E-state index contributed by atoms with van der Waals surface area (Å²) in [6.07, 6.45) is 8.06. The molecule has 0 spiro atoms. The van der Waals surface area contributed by atoms with E-state index in [0.29, 0.717) is 11.7 Å². The summed E-state index contributed by atoms with van der Waals surface area (Å²) in [7, 11) is 0. The van der Waals surface area contributed by atoms with Gasteiger partial charge in [0.25, 0.3) is 0 Å². The van der Waals surface area contributed by atoms with Gasteiger partial charge >= 0.3 is 0 Å². The van der Waals surface area contributed by atoms with Gasteiger partial charge in [0, 0.05) is 12.3 Å². The Kier molecular flexibility index (Phi) is 4.47. The van der Waals surface area contributed by atoms with Crippen LogP contribution in [0.4, 0.5) is 0 Å². The number of rotatable bonds is 4. The minimum atomic E-state index is 0.415. The molecule has 1 rings (SSSR count). The van der Waals surface area contributed by atoms with Crippen molar-refractivity contribution in [3.05, 3.63) is 0 Å². The topological polar surface area (TPSA) is 17.1 Å². The number of hydrogen-bond donors (Lipinski definition) is 0. The molecule has 0 aromatic heterocycles. The highest BCUT2D eigenvalue weighted by atomic mass is 16.1. The highest BCUT2D eigenvalue weighted by molar-refractivity contribution is 5.81. The summed E-state index contributed by atoms with van der Waals surface area (Å²) >= 11 is 0. The quantitative estimate of drug-likeness (QED) is 0.649. The molecule has 0 amide bonds. The van der Waals surface area contributed by atoms with Crippen LogP contribution in [0.2, 0.25) is 0 Å². The molecule has 0 unspecified atom stereocenters. The molecular weight excluding hydrogens is 160 g/mol. The van der Waals surface area contributed by atoms with E-state index in [1.807, 2.05) is 0 Å². The van der Waals surface area contributed by atoms with Crippen LogP contribution in [0.5, 0.6) is 0 Å². The predicted octanol–water partition coefficient (Wildman–Crippen LogP) is 3.57. The minimum Gasteiger partial charge on any atom is -0.299 e. The van der Waals surface area contributed by atoms with Crippen molar-refractivity contribution < 1.29 is 4.79 Å². The van der Waals surface area contributed by atoms with Crippen LogP contribution in [0.3, 0.4) is 0 Å². The monoisotopic (exact) mass is 182 g/mol. The second kappa shape index (κ2) is 5.41. The Hall–Kier alpha value is -0.330. The Bertz CT molecular complexity index is 159. The van der Waals surface area contributed by atoms with Crippen molar-refractivity contribution in [3.63, 3.8) is 0 Å². The second-order valence-corrected chi connectivity index (χ2v) is 4.33. The summed E-state index contributed by atoms with van der Waals surface area (Å²) in [5.41, 5.74) is 0. The molecule has 0 aromatic carbocycles. The average molecular weight is 182 g/mol. The van der Waals surface area contributed by atoms with Gasteiger partial charge in [0.1, 0.15) is 5.78 Å². The zero-order valence-corrected chi connectivity index (χ0v) is 9.01. The Balaban J connectivity index is 2.36. The molecule has 0 N–H and O–H groups in total. The van der Waals surface area contributed by atoms with Crippen molar-refractivity contribution in [1.29, 1.82) is 0 Å². The third-order valence-electron chi connectivity index (χ3n) is 3.45. The molecular formula is C12H22O. The first-order chi connectivity index (χ1) is 6.27. The van der Waals surface area contributed by atoms with Crippen molar-refractivity contribution in [3.8, 4) is 0 Å². The SMILES string of the molecule is CCC(CC)C[C@@H]1CCCCC1=O. The fraction of sp³-hybridized carbons (Fsp3) is 0.917. The van der Waals surface area contributed by atoms with Gasteiger partial charge in [0.05, 0.1) is 0 Å². The lowest BCUT2D eigenvalue weighted by molar-refractivity contribution is -0.125. The van der Waals surface area contributed by atoms with Crippen LogP contribution in [0, 0.1) is 11.8 Å². The van der Waals surface area contributed by atoms with Gasteiger partial charge in [0.2, 0.25) is 0 Å². The van der Waals surface area contributed by atoms with Crippen LogP contribution in [-0.2, 0) is 4.79 Å². The van der Waals surface area contributed by atoms with Crippen molar-refractivity contribution in [2.24, 2.45) is 11.8 Å². The van der Waals surface area contributed by atoms with Crippen molar-refractivity contribution >= 4 is 5.78 Å². The molecule has 1 heteroatoms. The first kappa shape index (κ1) is 10.7. The molecule has 13 heavy (non-hydrogen) atoms. The molecule has 0 aromatic rings. The van der Waals surface area contributed by atoms with E-state index in [4.69, 9.17) is 0 Å². The number of ketones is 1. The zero-order valence-electron chi connectivity index (χ0n) is 9.01.